The summed E-state index contributed by atoms with van der Waals surface area (Å²) in [5, 5.41) is 0. The summed E-state index contributed by atoms with van der Waals surface area (Å²) >= 11 is 0. The van der Waals surface area contributed by atoms with Crippen molar-refractivity contribution in [3.05, 3.63) is 91.1 Å². The molecule has 4 fully saturated rings. The third-order valence-electron chi connectivity index (χ3n) is 8.59. The van der Waals surface area contributed by atoms with E-state index in [2.05, 4.69) is 95.7 Å². The first-order valence-electron chi connectivity index (χ1n) is 12.6. The number of hydrogen-bond donors (Lipinski definition) is 0. The standard InChI is InChI=1S/C31H30N2/c1-3-7-23(8-4-1)24-11-13-26(14-12-24)31-32-20-29(25-9-5-2-6-10-25)33(31)30-27-16-21-15-22(18-27)19-28(30)17-21/h1-14,20-22,27-28,30H,15-19H2. The minimum Gasteiger partial charge on any atom is -0.320 e. The molecule has 0 unspecified atom stereocenters. The number of benzene rings is 3. The molecule has 8 rings (SSSR count). The van der Waals surface area contributed by atoms with Crippen LogP contribution in [0.1, 0.15) is 38.1 Å². The lowest BCUT2D eigenvalue weighted by atomic mass is 9.54. The number of hydrogen-bond acceptors (Lipinski definition) is 1. The van der Waals surface area contributed by atoms with E-state index in [4.69, 9.17) is 4.98 Å². The van der Waals surface area contributed by atoms with Gasteiger partial charge in [0, 0.05) is 11.6 Å². The molecule has 0 saturated heterocycles. The number of rotatable bonds is 4. The monoisotopic (exact) mass is 430 g/mol. The van der Waals surface area contributed by atoms with E-state index in [1.807, 2.05) is 0 Å². The van der Waals surface area contributed by atoms with Gasteiger partial charge in [-0.25, -0.2) is 4.98 Å². The van der Waals surface area contributed by atoms with Crippen molar-refractivity contribution >= 4 is 0 Å². The Labute approximate surface area is 196 Å². The predicted molar refractivity (Wildman–Crippen MR) is 135 cm³/mol. The molecule has 0 aliphatic heterocycles. The Balaban J connectivity index is 1.34. The molecule has 0 N–H and O–H groups in total. The van der Waals surface area contributed by atoms with Gasteiger partial charge in [0.2, 0.25) is 0 Å². The lowest BCUT2D eigenvalue weighted by molar-refractivity contribution is -0.0279. The highest BCUT2D eigenvalue weighted by Crippen LogP contribution is 2.59. The second-order valence-electron chi connectivity index (χ2n) is 10.6. The summed E-state index contributed by atoms with van der Waals surface area (Å²) in [5.41, 5.74) is 6.32. The van der Waals surface area contributed by atoms with Crippen LogP contribution in [0.5, 0.6) is 0 Å². The van der Waals surface area contributed by atoms with Crippen molar-refractivity contribution in [1.82, 2.24) is 9.55 Å². The summed E-state index contributed by atoms with van der Waals surface area (Å²) in [6.45, 7) is 0. The van der Waals surface area contributed by atoms with Gasteiger partial charge in [0.15, 0.2) is 0 Å². The van der Waals surface area contributed by atoms with Gasteiger partial charge in [-0.1, -0.05) is 84.9 Å². The number of nitrogens with zero attached hydrogens (tertiary/aromatic N) is 2. The first-order chi connectivity index (χ1) is 16.3. The largest absolute Gasteiger partial charge is 0.320 e. The quantitative estimate of drug-likeness (QED) is 0.322. The molecule has 0 spiro atoms. The first kappa shape index (κ1) is 19.3. The summed E-state index contributed by atoms with van der Waals surface area (Å²) in [4.78, 5) is 5.06. The van der Waals surface area contributed by atoms with Crippen LogP contribution in [0, 0.1) is 23.7 Å². The van der Waals surface area contributed by atoms with Crippen molar-refractivity contribution in [2.45, 2.75) is 38.1 Å². The van der Waals surface area contributed by atoms with Gasteiger partial charge in [-0.05, 0) is 72.5 Å². The van der Waals surface area contributed by atoms with E-state index in [0.717, 1.165) is 29.5 Å². The van der Waals surface area contributed by atoms with Crippen molar-refractivity contribution in [1.29, 1.82) is 0 Å². The minimum atomic E-state index is 0.583. The average Bonchev–Trinajstić information content (AvgIpc) is 3.29. The van der Waals surface area contributed by atoms with Gasteiger partial charge < -0.3 is 4.57 Å². The van der Waals surface area contributed by atoms with Gasteiger partial charge in [-0.2, -0.15) is 0 Å². The van der Waals surface area contributed by atoms with Gasteiger partial charge in [0.05, 0.1) is 11.9 Å². The van der Waals surface area contributed by atoms with Gasteiger partial charge in [0.1, 0.15) is 5.82 Å². The third kappa shape index (κ3) is 3.27. The van der Waals surface area contributed by atoms with E-state index >= 15 is 0 Å². The maximum atomic E-state index is 5.06. The normalized spacial score (nSPS) is 27.7. The molecule has 2 nitrogen and oxygen atoms in total. The zero-order chi connectivity index (χ0) is 21.8. The van der Waals surface area contributed by atoms with Crippen molar-refractivity contribution in [2.24, 2.45) is 23.7 Å². The zero-order valence-corrected chi connectivity index (χ0v) is 19.0. The van der Waals surface area contributed by atoms with Crippen molar-refractivity contribution in [3.63, 3.8) is 0 Å². The Kier molecular flexibility index (Phi) is 4.53. The van der Waals surface area contributed by atoms with Crippen LogP contribution in [-0.4, -0.2) is 9.55 Å². The van der Waals surface area contributed by atoms with E-state index in [9.17, 15) is 0 Å². The van der Waals surface area contributed by atoms with Gasteiger partial charge in [-0.15, -0.1) is 0 Å². The minimum absolute atomic E-state index is 0.583. The molecule has 4 aliphatic carbocycles. The molecule has 4 bridgehead atoms. The van der Waals surface area contributed by atoms with Crippen LogP contribution in [0.2, 0.25) is 0 Å². The molecule has 4 aliphatic rings. The predicted octanol–water partition coefficient (Wildman–Crippen LogP) is 7.88. The molecule has 164 valence electrons. The topological polar surface area (TPSA) is 17.8 Å². The lowest BCUT2D eigenvalue weighted by Gasteiger charge is -2.55. The van der Waals surface area contributed by atoms with Gasteiger partial charge in [-0.3, -0.25) is 0 Å². The maximum absolute atomic E-state index is 5.06. The second kappa shape index (κ2) is 7.73. The van der Waals surface area contributed by atoms with Gasteiger partial charge >= 0.3 is 0 Å². The van der Waals surface area contributed by atoms with E-state index in [-0.39, 0.29) is 0 Å². The molecule has 0 amide bonds. The molecule has 33 heavy (non-hydrogen) atoms. The van der Waals surface area contributed by atoms with E-state index in [1.54, 1.807) is 0 Å². The highest BCUT2D eigenvalue weighted by molar-refractivity contribution is 5.70. The van der Waals surface area contributed by atoms with Gasteiger partial charge in [0.25, 0.3) is 0 Å². The highest BCUT2D eigenvalue weighted by atomic mass is 15.1. The first-order valence-corrected chi connectivity index (χ1v) is 12.6. The third-order valence-corrected chi connectivity index (χ3v) is 8.59. The lowest BCUT2D eigenvalue weighted by Crippen LogP contribution is -2.46. The molecule has 0 atom stereocenters. The molecule has 3 aromatic carbocycles. The van der Waals surface area contributed by atoms with Crippen LogP contribution in [0.25, 0.3) is 33.8 Å². The highest BCUT2D eigenvalue weighted by Gasteiger charge is 2.49. The van der Waals surface area contributed by atoms with E-state index in [1.165, 1.54) is 60.1 Å². The fraction of sp³-hybridized carbons (Fsp3) is 0.323. The SMILES string of the molecule is c1ccc(-c2ccc(-c3ncc(-c4ccccc4)n3C3C4CC5CC(C4)CC3C5)cc2)cc1. The molecular formula is C31H30N2. The summed E-state index contributed by atoms with van der Waals surface area (Å²) in [5.74, 6) is 4.70. The van der Waals surface area contributed by atoms with E-state index < -0.39 is 0 Å². The number of imidazole rings is 1. The molecular weight excluding hydrogens is 400 g/mol. The second-order valence-corrected chi connectivity index (χ2v) is 10.6. The van der Waals surface area contributed by atoms with Crippen molar-refractivity contribution in [3.8, 4) is 33.8 Å². The summed E-state index contributed by atoms with van der Waals surface area (Å²) < 4.78 is 2.65. The smallest absolute Gasteiger partial charge is 0.140 e. The Morgan fingerprint density at radius 1 is 0.545 bits per heavy atom. The van der Waals surface area contributed by atoms with Crippen molar-refractivity contribution < 1.29 is 0 Å². The Bertz CT molecular complexity index is 1230. The molecule has 1 aromatic heterocycles. The molecule has 2 heteroatoms. The average molecular weight is 431 g/mol. The van der Waals surface area contributed by atoms with Crippen LogP contribution >= 0.6 is 0 Å². The van der Waals surface area contributed by atoms with Crippen molar-refractivity contribution in [2.75, 3.05) is 0 Å². The van der Waals surface area contributed by atoms with Crippen LogP contribution in [0.3, 0.4) is 0 Å². The zero-order valence-electron chi connectivity index (χ0n) is 19.0. The summed E-state index contributed by atoms with van der Waals surface area (Å²) in [6.07, 6.45) is 9.27. The van der Waals surface area contributed by atoms with E-state index in [0.29, 0.717) is 6.04 Å². The fourth-order valence-electron chi connectivity index (χ4n) is 7.46. The molecule has 0 radical (unpaired) electrons. The molecule has 4 saturated carbocycles. The summed E-state index contributed by atoms with van der Waals surface area (Å²) in [7, 11) is 0. The Morgan fingerprint density at radius 3 is 1.67 bits per heavy atom. The van der Waals surface area contributed by atoms with Crippen LogP contribution in [0.4, 0.5) is 0 Å². The van der Waals surface area contributed by atoms with Crippen LogP contribution < -0.4 is 0 Å². The summed E-state index contributed by atoms with van der Waals surface area (Å²) in [6, 6.07) is 31.2. The molecule has 4 aromatic rings. The number of aromatic nitrogens is 2. The Morgan fingerprint density at radius 2 is 1.06 bits per heavy atom. The van der Waals surface area contributed by atoms with Crippen LogP contribution in [-0.2, 0) is 0 Å². The Hall–Kier alpha value is -3.13. The van der Waals surface area contributed by atoms with Crippen LogP contribution in [0.15, 0.2) is 91.1 Å². The maximum Gasteiger partial charge on any atom is 0.140 e. The fourth-order valence-corrected chi connectivity index (χ4v) is 7.46. The molecule has 1 heterocycles.